The maximum absolute atomic E-state index is 8.52. The van der Waals surface area contributed by atoms with Crippen LogP contribution < -0.4 is 48.0 Å². The normalized spacial score (nSPS) is 10.7. The van der Waals surface area contributed by atoms with Crippen molar-refractivity contribution in [2.75, 3.05) is 81.8 Å². The zero-order valence-electron chi connectivity index (χ0n) is 36.2. The molecule has 0 heterocycles. The Morgan fingerprint density at radius 1 is 0.283 bits per heavy atom. The van der Waals surface area contributed by atoms with Crippen LogP contribution in [0.25, 0.3) is 0 Å². The van der Waals surface area contributed by atoms with Crippen LogP contribution in [0.15, 0.2) is 121 Å². The van der Waals surface area contributed by atoms with E-state index in [2.05, 4.69) is 206 Å². The van der Waals surface area contributed by atoms with Gasteiger partial charge in [-0.1, -0.05) is 0 Å². The van der Waals surface area contributed by atoms with Crippen molar-refractivity contribution in [3.05, 3.63) is 121 Å². The molecule has 5 aromatic carbocycles. The quantitative estimate of drug-likeness (QED) is 0.104. The zero-order chi connectivity index (χ0) is 44.2. The van der Waals surface area contributed by atoms with Gasteiger partial charge in [-0.15, -0.1) is 0 Å². The summed E-state index contributed by atoms with van der Waals surface area (Å²) in [7, 11) is -5.20. The molecule has 0 unspecified atom stereocenters. The average molecular weight is 866 g/mol. The van der Waals surface area contributed by atoms with E-state index in [1.165, 1.54) is 22.7 Å². The molecule has 5 aromatic rings. The van der Waals surface area contributed by atoms with Gasteiger partial charge in [-0.3, -0.25) is 0 Å². The van der Waals surface area contributed by atoms with E-state index < -0.39 is 21.6 Å². The molecule has 0 saturated carbocycles. The highest BCUT2D eigenvalue weighted by molar-refractivity contribution is 5.82. The topological polar surface area (TPSA) is 152 Å². The van der Waals surface area contributed by atoms with Crippen molar-refractivity contribution in [2.45, 2.75) is 55.4 Å². The van der Waals surface area contributed by atoms with Crippen molar-refractivity contribution >= 4 is 56.9 Å². The van der Waals surface area contributed by atoms with Gasteiger partial charge in [0.1, 0.15) is 0 Å². The lowest BCUT2D eigenvalue weighted by Gasteiger charge is -2.30. The molecule has 0 aliphatic heterocycles. The van der Waals surface area contributed by atoms with Gasteiger partial charge in [0.05, 0.1) is 0 Å². The van der Waals surface area contributed by atoms with Crippen LogP contribution in [0.2, 0.25) is 0 Å². The number of rotatable bonds is 18. The first kappa shape index (κ1) is 49.6. The number of halogens is 2. The molecular weight excluding hydrogens is 803 g/mol. The van der Waals surface area contributed by atoms with Crippen molar-refractivity contribution in [2.24, 2.45) is 0 Å². The first-order valence-electron chi connectivity index (χ1n) is 20.5. The van der Waals surface area contributed by atoms with Crippen molar-refractivity contribution in [3.63, 3.8) is 0 Å². The molecule has 14 heteroatoms. The molecule has 0 aliphatic rings. The Hall–Kier alpha value is -4.76. The summed E-state index contributed by atoms with van der Waals surface area (Å²) in [4.78, 5) is 14.3. The van der Waals surface area contributed by atoms with Gasteiger partial charge >= 0.3 is 0 Å². The maximum Gasteiger partial charge on any atom is 0.282 e. The number of hydrogen-bond acceptors (Lipinski definition) is 12. The number of anilines is 10. The molecule has 0 bridgehead atoms. The van der Waals surface area contributed by atoms with E-state index in [1.807, 2.05) is 0 Å². The van der Waals surface area contributed by atoms with E-state index in [4.69, 9.17) is 28.0 Å². The molecule has 0 aliphatic carbocycles. The smallest absolute Gasteiger partial charge is 0.282 e. The van der Waals surface area contributed by atoms with Crippen LogP contribution in [0, 0.1) is 21.6 Å². The summed E-state index contributed by atoms with van der Waals surface area (Å²) in [5.41, 5.74) is 11.8. The SMILES string of the molecule is CCN(CC)c1ccc(N(c2ccc(N(CC)CC)cc2)c2ccc(N(c3ccc(N(CC)CC)cc3)c3ccc(N(CC)CC)cc3)cc2)cc1.[O-][Cl+2]([O-])O.[O-][Cl+2]([O-])O. The molecule has 0 saturated heterocycles. The van der Waals surface area contributed by atoms with Crippen molar-refractivity contribution < 1.29 is 49.5 Å². The van der Waals surface area contributed by atoms with Gasteiger partial charge in [0.15, 0.2) is 0 Å². The third-order valence-electron chi connectivity index (χ3n) is 10.3. The summed E-state index contributed by atoms with van der Waals surface area (Å²) in [5.74, 6) is 0. The Morgan fingerprint density at radius 3 is 0.483 bits per heavy atom. The highest BCUT2D eigenvalue weighted by atomic mass is 35.6. The summed E-state index contributed by atoms with van der Waals surface area (Å²) in [6, 6.07) is 45.0. The Labute approximate surface area is 363 Å². The van der Waals surface area contributed by atoms with Gasteiger partial charge in [0.2, 0.25) is 0 Å². The second-order valence-electron chi connectivity index (χ2n) is 13.3. The fraction of sp³-hybridized carbons (Fsp3) is 0.348. The zero-order valence-corrected chi connectivity index (χ0v) is 37.7. The van der Waals surface area contributed by atoms with Crippen LogP contribution in [-0.4, -0.2) is 61.7 Å². The second-order valence-corrected chi connectivity index (χ2v) is 14.1. The predicted octanol–water partition coefficient (Wildman–Crippen LogP) is 6.14. The number of hydrogen-bond donors (Lipinski definition) is 2. The van der Waals surface area contributed by atoms with E-state index >= 15 is 0 Å². The summed E-state index contributed by atoms with van der Waals surface area (Å²) >= 11 is 0. The van der Waals surface area contributed by atoms with Crippen LogP contribution in [-0.2, 0) is 0 Å². The van der Waals surface area contributed by atoms with Crippen LogP contribution in [0.3, 0.4) is 0 Å². The lowest BCUT2D eigenvalue weighted by Crippen LogP contribution is -2.30. The Bertz CT molecular complexity index is 1630. The molecule has 326 valence electrons. The van der Waals surface area contributed by atoms with Gasteiger partial charge in [-0.25, -0.2) is 0 Å². The Morgan fingerprint density at radius 2 is 0.383 bits per heavy atom. The van der Waals surface area contributed by atoms with Crippen LogP contribution in [0.4, 0.5) is 56.9 Å². The predicted molar refractivity (Wildman–Crippen MR) is 234 cm³/mol. The van der Waals surface area contributed by atoms with Crippen molar-refractivity contribution in [1.82, 2.24) is 0 Å². The molecule has 12 nitrogen and oxygen atoms in total. The summed E-state index contributed by atoms with van der Waals surface area (Å²) in [5, 5.41) is 0. The summed E-state index contributed by atoms with van der Waals surface area (Å²) in [6.45, 7) is 25.6. The van der Waals surface area contributed by atoms with Gasteiger partial charge in [0.25, 0.3) is 21.6 Å². The second kappa shape index (κ2) is 25.8. The minimum absolute atomic E-state index is 0.987. The standard InChI is InChI=1S/C46H60N6.2ClHO3/c1-9-47(10-2)37-17-25-41(26-18-37)51(42-27-19-38(20-28-42)48(11-3)12-4)45-33-35-46(36-34-45)52(43-29-21-39(22-30-43)49(13-5)14-6)44-31-23-40(24-32-44)50(15-7)16-8;2*2-1(3)4/h17-36H,9-16H2,1-8H3;2*2H. The first-order valence-corrected chi connectivity index (χ1v) is 22.4. The maximum atomic E-state index is 8.52. The van der Waals surface area contributed by atoms with Crippen molar-refractivity contribution in [1.29, 1.82) is 0 Å². The third kappa shape index (κ3) is 14.2. The monoisotopic (exact) mass is 864 g/mol. The van der Waals surface area contributed by atoms with Gasteiger partial charge in [0, 0.05) is 119 Å². The van der Waals surface area contributed by atoms with Crippen molar-refractivity contribution in [3.8, 4) is 0 Å². The minimum atomic E-state index is -2.60. The molecule has 0 aromatic heterocycles. The number of benzene rings is 5. The van der Waals surface area contributed by atoms with Crippen LogP contribution in [0.5, 0.6) is 0 Å². The molecule has 0 fully saturated rings. The molecule has 60 heavy (non-hydrogen) atoms. The fourth-order valence-electron chi connectivity index (χ4n) is 7.25. The molecule has 0 atom stereocenters. The summed E-state index contributed by atoms with van der Waals surface area (Å²) < 4.78 is 47.9. The fourth-order valence-corrected chi connectivity index (χ4v) is 7.25. The molecule has 0 radical (unpaired) electrons. The molecule has 0 amide bonds. The summed E-state index contributed by atoms with van der Waals surface area (Å²) in [6.07, 6.45) is 0. The minimum Gasteiger partial charge on any atom is -0.372 e. The Kier molecular flexibility index (Phi) is 21.3. The highest BCUT2D eigenvalue weighted by Gasteiger charge is 2.18. The lowest BCUT2D eigenvalue weighted by molar-refractivity contribution is -1.63. The van der Waals surface area contributed by atoms with Crippen LogP contribution >= 0.6 is 0 Å². The van der Waals surface area contributed by atoms with E-state index in [9.17, 15) is 0 Å². The lowest BCUT2D eigenvalue weighted by atomic mass is 10.1. The average Bonchev–Trinajstić information content (AvgIpc) is 3.25. The first-order chi connectivity index (χ1) is 28.9. The van der Waals surface area contributed by atoms with Crippen LogP contribution in [0.1, 0.15) is 55.4 Å². The van der Waals surface area contributed by atoms with Gasteiger partial charge < -0.3 is 48.0 Å². The number of nitrogens with zero attached hydrogens (tertiary/aromatic N) is 6. The van der Waals surface area contributed by atoms with E-state index in [0.29, 0.717) is 0 Å². The van der Waals surface area contributed by atoms with Gasteiger partial charge in [-0.05, 0) is 177 Å². The highest BCUT2D eigenvalue weighted by Crippen LogP contribution is 2.40. The van der Waals surface area contributed by atoms with E-state index in [-0.39, 0.29) is 0 Å². The molecule has 2 N–H and O–H groups in total. The molecular formula is C46H62Cl2N6O6. The van der Waals surface area contributed by atoms with E-state index in [1.54, 1.807) is 0 Å². The largest absolute Gasteiger partial charge is 0.372 e. The van der Waals surface area contributed by atoms with Gasteiger partial charge in [-0.2, -0.15) is 0 Å². The molecule has 5 rings (SSSR count). The molecule has 0 spiro atoms. The Balaban J connectivity index is 0.00000110. The van der Waals surface area contributed by atoms with E-state index in [0.717, 1.165) is 86.5 Å². The third-order valence-corrected chi connectivity index (χ3v) is 10.3.